The monoisotopic (exact) mass is 208 g/mol. The fourth-order valence-corrected chi connectivity index (χ4v) is 1.55. The van der Waals surface area contributed by atoms with Crippen molar-refractivity contribution in [1.29, 1.82) is 0 Å². The largest absolute Gasteiger partial charge is 0.494 e. The maximum atomic E-state index is 5.66. The van der Waals surface area contributed by atoms with E-state index < -0.39 is 0 Å². The van der Waals surface area contributed by atoms with Crippen LogP contribution in [-0.4, -0.2) is 20.3 Å². The van der Waals surface area contributed by atoms with Gasteiger partial charge in [0.15, 0.2) is 0 Å². The second-order valence-corrected chi connectivity index (χ2v) is 3.87. The highest BCUT2D eigenvalue weighted by molar-refractivity contribution is 5.32. The van der Waals surface area contributed by atoms with E-state index in [1.54, 1.807) is 7.11 Å². The highest BCUT2D eigenvalue weighted by atomic mass is 16.5. The highest BCUT2D eigenvalue weighted by Crippen LogP contribution is 2.16. The van der Waals surface area contributed by atoms with E-state index in [9.17, 15) is 0 Å². The van der Waals surface area contributed by atoms with Gasteiger partial charge in [-0.3, -0.25) is 0 Å². The third-order valence-electron chi connectivity index (χ3n) is 2.21. The van der Waals surface area contributed by atoms with E-state index in [1.165, 1.54) is 11.1 Å². The van der Waals surface area contributed by atoms with Gasteiger partial charge in [-0.2, -0.15) is 0 Å². The number of unbranched alkanes of at least 4 members (excludes halogenated alkanes) is 1. The first-order valence-electron chi connectivity index (χ1n) is 5.42. The minimum Gasteiger partial charge on any atom is -0.494 e. The SMILES string of the molecule is COCCCCOc1cc(C)cc(C)c1. The van der Waals surface area contributed by atoms with E-state index in [-0.39, 0.29) is 0 Å². The lowest BCUT2D eigenvalue weighted by Gasteiger charge is -2.07. The van der Waals surface area contributed by atoms with Crippen molar-refractivity contribution in [2.45, 2.75) is 26.7 Å². The van der Waals surface area contributed by atoms with Crippen molar-refractivity contribution in [3.05, 3.63) is 29.3 Å². The normalized spacial score (nSPS) is 10.3. The summed E-state index contributed by atoms with van der Waals surface area (Å²) < 4.78 is 10.6. The van der Waals surface area contributed by atoms with Crippen molar-refractivity contribution >= 4 is 0 Å². The van der Waals surface area contributed by atoms with Crippen LogP contribution in [-0.2, 0) is 4.74 Å². The van der Waals surface area contributed by atoms with Gasteiger partial charge in [-0.1, -0.05) is 6.07 Å². The predicted octanol–water partition coefficient (Wildman–Crippen LogP) is 3.11. The summed E-state index contributed by atoms with van der Waals surface area (Å²) in [4.78, 5) is 0. The highest BCUT2D eigenvalue weighted by Gasteiger charge is 1.96. The van der Waals surface area contributed by atoms with Gasteiger partial charge in [0.05, 0.1) is 6.61 Å². The van der Waals surface area contributed by atoms with Gasteiger partial charge in [0.2, 0.25) is 0 Å². The maximum Gasteiger partial charge on any atom is 0.119 e. The molecule has 0 N–H and O–H groups in total. The molecule has 84 valence electrons. The van der Waals surface area contributed by atoms with Crippen LogP contribution in [0, 0.1) is 13.8 Å². The van der Waals surface area contributed by atoms with Gasteiger partial charge in [0, 0.05) is 13.7 Å². The number of benzene rings is 1. The Balaban J connectivity index is 2.31. The van der Waals surface area contributed by atoms with E-state index in [1.807, 2.05) is 0 Å². The Hall–Kier alpha value is -1.02. The Morgan fingerprint density at radius 2 is 1.53 bits per heavy atom. The van der Waals surface area contributed by atoms with Crippen LogP contribution in [0.3, 0.4) is 0 Å². The molecule has 0 aliphatic carbocycles. The summed E-state index contributed by atoms with van der Waals surface area (Å²) in [5, 5.41) is 0. The molecule has 1 rings (SSSR count). The molecule has 1 aromatic rings. The van der Waals surface area contributed by atoms with Gasteiger partial charge < -0.3 is 9.47 Å². The molecule has 0 atom stereocenters. The standard InChI is InChI=1S/C13H20O2/c1-11-8-12(2)10-13(9-11)15-7-5-4-6-14-3/h8-10H,4-7H2,1-3H3. The van der Waals surface area contributed by atoms with Gasteiger partial charge in [0.1, 0.15) is 5.75 Å². The summed E-state index contributed by atoms with van der Waals surface area (Å²) in [6, 6.07) is 6.30. The Labute approximate surface area is 92.2 Å². The van der Waals surface area contributed by atoms with Crippen molar-refractivity contribution in [2.75, 3.05) is 20.3 Å². The van der Waals surface area contributed by atoms with Gasteiger partial charge in [-0.15, -0.1) is 0 Å². The van der Waals surface area contributed by atoms with Crippen LogP contribution in [0.25, 0.3) is 0 Å². The fraction of sp³-hybridized carbons (Fsp3) is 0.538. The maximum absolute atomic E-state index is 5.66. The van der Waals surface area contributed by atoms with E-state index in [0.29, 0.717) is 0 Å². The number of aryl methyl sites for hydroxylation is 2. The van der Waals surface area contributed by atoms with Gasteiger partial charge in [0.25, 0.3) is 0 Å². The van der Waals surface area contributed by atoms with Crippen LogP contribution in [0.5, 0.6) is 5.75 Å². The molecule has 0 heterocycles. The van der Waals surface area contributed by atoms with Crippen LogP contribution in [0.2, 0.25) is 0 Å². The molecular weight excluding hydrogens is 188 g/mol. The molecule has 0 radical (unpaired) electrons. The average Bonchev–Trinajstić information content (AvgIpc) is 2.16. The van der Waals surface area contributed by atoms with Crippen LogP contribution in [0.1, 0.15) is 24.0 Å². The lowest BCUT2D eigenvalue weighted by molar-refractivity contribution is 0.184. The molecule has 2 nitrogen and oxygen atoms in total. The molecule has 0 fully saturated rings. The average molecular weight is 208 g/mol. The minimum absolute atomic E-state index is 0.770. The molecular formula is C13H20O2. The van der Waals surface area contributed by atoms with E-state index in [0.717, 1.165) is 31.8 Å². The zero-order chi connectivity index (χ0) is 11.1. The van der Waals surface area contributed by atoms with Gasteiger partial charge in [-0.25, -0.2) is 0 Å². The lowest BCUT2D eigenvalue weighted by atomic mass is 10.1. The first-order valence-corrected chi connectivity index (χ1v) is 5.42. The number of ether oxygens (including phenoxy) is 2. The number of hydrogen-bond donors (Lipinski definition) is 0. The summed E-state index contributed by atoms with van der Waals surface area (Å²) in [6.45, 7) is 5.76. The second-order valence-electron chi connectivity index (χ2n) is 3.87. The molecule has 0 aliphatic rings. The molecule has 0 spiro atoms. The summed E-state index contributed by atoms with van der Waals surface area (Å²) in [6.07, 6.45) is 2.10. The third kappa shape index (κ3) is 4.84. The quantitative estimate of drug-likeness (QED) is 0.669. The molecule has 0 aromatic heterocycles. The van der Waals surface area contributed by atoms with Crippen LogP contribution >= 0.6 is 0 Å². The Morgan fingerprint density at radius 3 is 2.13 bits per heavy atom. The van der Waals surface area contributed by atoms with Crippen molar-refractivity contribution in [2.24, 2.45) is 0 Å². The third-order valence-corrected chi connectivity index (χ3v) is 2.21. The van der Waals surface area contributed by atoms with Crippen molar-refractivity contribution in [3.63, 3.8) is 0 Å². The predicted molar refractivity (Wildman–Crippen MR) is 62.5 cm³/mol. The molecule has 0 aliphatic heterocycles. The summed E-state index contributed by atoms with van der Waals surface area (Å²) in [5.74, 6) is 0.977. The van der Waals surface area contributed by atoms with E-state index >= 15 is 0 Å². The summed E-state index contributed by atoms with van der Waals surface area (Å²) in [7, 11) is 1.73. The van der Waals surface area contributed by atoms with E-state index in [2.05, 4.69) is 32.0 Å². The van der Waals surface area contributed by atoms with Gasteiger partial charge in [-0.05, 0) is 49.9 Å². The van der Waals surface area contributed by atoms with Crippen molar-refractivity contribution in [3.8, 4) is 5.75 Å². The number of methoxy groups -OCH3 is 1. The zero-order valence-electron chi connectivity index (χ0n) is 9.88. The molecule has 1 aromatic carbocycles. The van der Waals surface area contributed by atoms with Crippen LogP contribution in [0.4, 0.5) is 0 Å². The minimum atomic E-state index is 0.770. The van der Waals surface area contributed by atoms with Crippen molar-refractivity contribution in [1.82, 2.24) is 0 Å². The van der Waals surface area contributed by atoms with Crippen molar-refractivity contribution < 1.29 is 9.47 Å². The second kappa shape index (κ2) is 6.46. The zero-order valence-corrected chi connectivity index (χ0v) is 9.88. The summed E-state index contributed by atoms with van der Waals surface area (Å²) in [5.41, 5.74) is 2.50. The smallest absolute Gasteiger partial charge is 0.119 e. The molecule has 0 unspecified atom stereocenters. The summed E-state index contributed by atoms with van der Waals surface area (Å²) >= 11 is 0. The Morgan fingerprint density at radius 1 is 0.933 bits per heavy atom. The Kier molecular flexibility index (Phi) is 5.19. The topological polar surface area (TPSA) is 18.5 Å². The fourth-order valence-electron chi connectivity index (χ4n) is 1.55. The molecule has 0 amide bonds. The first-order chi connectivity index (χ1) is 7.22. The van der Waals surface area contributed by atoms with Crippen LogP contribution < -0.4 is 4.74 Å². The Bertz CT molecular complexity index is 274. The van der Waals surface area contributed by atoms with Gasteiger partial charge >= 0.3 is 0 Å². The molecule has 2 heteroatoms. The molecule has 0 saturated carbocycles. The lowest BCUT2D eigenvalue weighted by Crippen LogP contribution is -2.00. The van der Waals surface area contributed by atoms with Crippen LogP contribution in [0.15, 0.2) is 18.2 Å². The number of rotatable bonds is 6. The van der Waals surface area contributed by atoms with E-state index in [4.69, 9.17) is 9.47 Å². The first kappa shape index (κ1) is 12.1. The number of hydrogen-bond acceptors (Lipinski definition) is 2. The molecule has 15 heavy (non-hydrogen) atoms. The molecule has 0 saturated heterocycles. The molecule has 0 bridgehead atoms.